The van der Waals surface area contributed by atoms with Crippen LogP contribution in [0.5, 0.6) is 0 Å². The van der Waals surface area contributed by atoms with Gasteiger partial charge in [0.25, 0.3) is 0 Å². The van der Waals surface area contributed by atoms with E-state index in [1.807, 2.05) is 0 Å². The zero-order valence-corrected chi connectivity index (χ0v) is 12.2. The summed E-state index contributed by atoms with van der Waals surface area (Å²) in [5.41, 5.74) is 0. The summed E-state index contributed by atoms with van der Waals surface area (Å²) in [4.78, 5) is 0. The van der Waals surface area contributed by atoms with Gasteiger partial charge in [0.1, 0.15) is 0 Å². The summed E-state index contributed by atoms with van der Waals surface area (Å²) in [7, 11) is 0. The fraction of sp³-hybridized carbons (Fsp3) is 1.00. The van der Waals surface area contributed by atoms with Gasteiger partial charge in [-0.15, -0.1) is 0 Å². The molecule has 0 spiro atoms. The zero-order chi connectivity index (χ0) is 13.4. The Kier molecular flexibility index (Phi) is 3.99. The van der Waals surface area contributed by atoms with E-state index in [2.05, 4.69) is 0 Å². The Bertz CT molecular complexity index is 302. The predicted molar refractivity (Wildman–Crippen MR) is 73.7 cm³/mol. The molecule has 0 aromatic heterocycles. The average Bonchev–Trinajstić information content (AvgIpc) is 2.76. The molecule has 0 aromatic rings. The van der Waals surface area contributed by atoms with Gasteiger partial charge in [-0.2, -0.15) is 0 Å². The van der Waals surface area contributed by atoms with Crippen LogP contribution in [0.25, 0.3) is 0 Å². The molecular weight excluding hydrogens is 256 g/mol. The summed E-state index contributed by atoms with van der Waals surface area (Å²) in [6.45, 7) is 1.80. The van der Waals surface area contributed by atoms with Crippen molar-refractivity contribution < 1.29 is 18.9 Å². The molecule has 20 heavy (non-hydrogen) atoms. The number of hydrogen-bond acceptors (Lipinski definition) is 4. The number of rotatable bonds is 0. The van der Waals surface area contributed by atoms with Crippen LogP contribution in [0.2, 0.25) is 0 Å². The van der Waals surface area contributed by atoms with Crippen molar-refractivity contribution in [3.05, 3.63) is 0 Å². The van der Waals surface area contributed by atoms with Crippen LogP contribution in [0.15, 0.2) is 0 Å². The summed E-state index contributed by atoms with van der Waals surface area (Å²) in [6.07, 6.45) is 10.6. The molecule has 0 N–H and O–H groups in total. The molecule has 0 unspecified atom stereocenters. The highest BCUT2D eigenvalue weighted by atomic mass is 16.6. The van der Waals surface area contributed by atoms with Gasteiger partial charge in [0, 0.05) is 13.2 Å². The Morgan fingerprint density at radius 1 is 0.450 bits per heavy atom. The lowest BCUT2D eigenvalue weighted by molar-refractivity contribution is -0.157. The second-order valence-electron chi connectivity index (χ2n) is 6.68. The smallest absolute Gasteiger partial charge is 0.0842 e. The van der Waals surface area contributed by atoms with Crippen molar-refractivity contribution in [3.8, 4) is 0 Å². The van der Waals surface area contributed by atoms with Crippen molar-refractivity contribution in [2.45, 2.75) is 88.0 Å². The average molecular weight is 282 g/mol. The van der Waals surface area contributed by atoms with Crippen molar-refractivity contribution in [2.24, 2.45) is 0 Å². The number of ether oxygens (including phenoxy) is 4. The van der Waals surface area contributed by atoms with E-state index in [9.17, 15) is 0 Å². The summed E-state index contributed by atoms with van der Waals surface area (Å²) in [5.74, 6) is 0. The van der Waals surface area contributed by atoms with Crippen molar-refractivity contribution in [3.63, 3.8) is 0 Å². The first kappa shape index (κ1) is 13.5. The lowest BCUT2D eigenvalue weighted by Gasteiger charge is -2.32. The normalized spacial score (nSPS) is 49.2. The highest BCUT2D eigenvalue weighted by Gasteiger charge is 2.42. The largest absolute Gasteiger partial charge is 0.376 e. The van der Waals surface area contributed by atoms with Gasteiger partial charge in [-0.05, 0) is 51.4 Å². The van der Waals surface area contributed by atoms with E-state index < -0.39 is 0 Å². The summed E-state index contributed by atoms with van der Waals surface area (Å²) >= 11 is 0. The molecule has 4 aliphatic heterocycles. The molecule has 6 atom stereocenters. The lowest BCUT2D eigenvalue weighted by atomic mass is 10.00. The van der Waals surface area contributed by atoms with E-state index in [4.69, 9.17) is 18.9 Å². The van der Waals surface area contributed by atoms with Crippen molar-refractivity contribution >= 4 is 0 Å². The van der Waals surface area contributed by atoms with Gasteiger partial charge in [-0.3, -0.25) is 0 Å². The van der Waals surface area contributed by atoms with Gasteiger partial charge in [-0.1, -0.05) is 0 Å². The van der Waals surface area contributed by atoms with Crippen LogP contribution in [0.3, 0.4) is 0 Å². The second kappa shape index (κ2) is 5.91. The Morgan fingerprint density at radius 3 is 1.35 bits per heavy atom. The van der Waals surface area contributed by atoms with Crippen LogP contribution in [-0.4, -0.2) is 49.8 Å². The number of hydrogen-bond donors (Lipinski definition) is 0. The van der Waals surface area contributed by atoms with Crippen molar-refractivity contribution in [1.29, 1.82) is 0 Å². The Labute approximate surface area is 121 Å². The minimum Gasteiger partial charge on any atom is -0.376 e. The van der Waals surface area contributed by atoms with Crippen LogP contribution >= 0.6 is 0 Å². The van der Waals surface area contributed by atoms with E-state index in [-0.39, 0.29) is 12.2 Å². The molecule has 0 bridgehead atoms. The molecule has 0 amide bonds. The molecule has 4 heteroatoms. The topological polar surface area (TPSA) is 36.9 Å². The highest BCUT2D eigenvalue weighted by Crippen LogP contribution is 2.36. The fourth-order valence-corrected chi connectivity index (χ4v) is 4.26. The van der Waals surface area contributed by atoms with E-state index in [1.165, 1.54) is 0 Å². The maximum atomic E-state index is 6.40. The fourth-order valence-electron chi connectivity index (χ4n) is 4.26. The highest BCUT2D eigenvalue weighted by molar-refractivity contribution is 4.90. The van der Waals surface area contributed by atoms with Gasteiger partial charge in [0.15, 0.2) is 0 Å². The van der Waals surface area contributed by atoms with E-state index >= 15 is 0 Å². The van der Waals surface area contributed by atoms with Gasteiger partial charge in [-0.25, -0.2) is 0 Å². The third kappa shape index (κ3) is 2.63. The van der Waals surface area contributed by atoms with E-state index in [1.54, 1.807) is 0 Å². The third-order valence-corrected chi connectivity index (χ3v) is 5.34. The SMILES string of the molecule is C1CO[C@@H]2CC[C@@H]3O[C@@H]4CCCO[C@H]4CC[C@H]3O[C@H]2C1. The first-order valence-corrected chi connectivity index (χ1v) is 8.44. The minimum atomic E-state index is 0.251. The summed E-state index contributed by atoms with van der Waals surface area (Å²) in [6, 6.07) is 0. The molecule has 0 aliphatic carbocycles. The molecule has 4 fully saturated rings. The quantitative estimate of drug-likeness (QED) is 0.684. The van der Waals surface area contributed by atoms with Crippen LogP contribution in [0.4, 0.5) is 0 Å². The molecule has 4 nitrogen and oxygen atoms in total. The first-order valence-electron chi connectivity index (χ1n) is 8.44. The first-order chi connectivity index (χ1) is 9.90. The Hall–Kier alpha value is -0.160. The van der Waals surface area contributed by atoms with Crippen LogP contribution in [0.1, 0.15) is 51.4 Å². The van der Waals surface area contributed by atoms with Gasteiger partial charge >= 0.3 is 0 Å². The van der Waals surface area contributed by atoms with Gasteiger partial charge in [0.05, 0.1) is 36.6 Å². The van der Waals surface area contributed by atoms with Crippen molar-refractivity contribution in [2.75, 3.05) is 13.2 Å². The molecule has 4 saturated heterocycles. The van der Waals surface area contributed by atoms with Crippen molar-refractivity contribution in [1.82, 2.24) is 0 Å². The maximum absolute atomic E-state index is 6.40. The Morgan fingerprint density at radius 2 is 0.850 bits per heavy atom. The monoisotopic (exact) mass is 282 g/mol. The standard InChI is InChI=1S/C16H26O4/c1-3-13-11(17-9-1)5-7-16-15(19-13)8-6-12-14(20-16)4-2-10-18-12/h11-16H,1-10H2/t11-,12+,13+,14-,15-,16+. The van der Waals surface area contributed by atoms with E-state index in [0.717, 1.165) is 64.6 Å². The molecule has 0 radical (unpaired) electrons. The minimum absolute atomic E-state index is 0.251. The Balaban J connectivity index is 1.47. The van der Waals surface area contributed by atoms with E-state index in [0.29, 0.717) is 24.4 Å². The molecular formula is C16H26O4. The summed E-state index contributed by atoms with van der Waals surface area (Å²) < 4.78 is 24.6. The molecule has 0 aromatic carbocycles. The second-order valence-corrected chi connectivity index (χ2v) is 6.68. The molecule has 4 rings (SSSR count). The van der Waals surface area contributed by atoms with Gasteiger partial charge in [0.2, 0.25) is 0 Å². The predicted octanol–water partition coefficient (Wildman–Crippen LogP) is 2.44. The molecule has 114 valence electrons. The molecule has 4 aliphatic rings. The van der Waals surface area contributed by atoms with Gasteiger partial charge < -0.3 is 18.9 Å². The molecule has 0 saturated carbocycles. The third-order valence-electron chi connectivity index (χ3n) is 5.34. The van der Waals surface area contributed by atoms with Crippen LogP contribution < -0.4 is 0 Å². The van der Waals surface area contributed by atoms with Crippen LogP contribution in [-0.2, 0) is 18.9 Å². The zero-order valence-electron chi connectivity index (χ0n) is 12.2. The number of fused-ring (bicyclic) bond motifs is 3. The molecule has 4 heterocycles. The summed E-state index contributed by atoms with van der Waals surface area (Å²) in [5, 5.41) is 0. The van der Waals surface area contributed by atoms with Crippen LogP contribution in [0, 0.1) is 0 Å². The maximum Gasteiger partial charge on any atom is 0.0842 e. The lowest BCUT2D eigenvalue weighted by Crippen LogP contribution is -2.39.